The monoisotopic (exact) mass is 487 g/mol. The van der Waals surface area contributed by atoms with E-state index in [4.69, 9.17) is 21.1 Å². The number of carbonyl (C=O) groups excluding carboxylic acids is 1. The Bertz CT molecular complexity index is 1300. The minimum absolute atomic E-state index is 0.0465. The van der Waals surface area contributed by atoms with E-state index in [1.54, 1.807) is 7.11 Å². The fourth-order valence-corrected chi connectivity index (χ4v) is 4.68. The number of fused-ring (bicyclic) bond motifs is 1. The van der Waals surface area contributed by atoms with Gasteiger partial charge in [0, 0.05) is 42.0 Å². The maximum atomic E-state index is 13.4. The quantitative estimate of drug-likeness (QED) is 0.299. The van der Waals surface area contributed by atoms with Crippen LogP contribution in [0.5, 0.6) is 5.75 Å². The number of amides is 1. The molecular weight excluding hydrogens is 462 g/mol. The van der Waals surface area contributed by atoms with Gasteiger partial charge in [-0.15, -0.1) is 0 Å². The number of hydrogen-bond acceptors (Lipinski definition) is 4. The molecule has 2 heterocycles. The Hall–Kier alpha value is -3.61. The van der Waals surface area contributed by atoms with Crippen LogP contribution >= 0.6 is 11.6 Å². The summed E-state index contributed by atoms with van der Waals surface area (Å²) in [6, 6.07) is 25.2. The fraction of sp³-hybridized carbons (Fsp3) is 0.214. The van der Waals surface area contributed by atoms with E-state index >= 15 is 0 Å². The molecule has 1 aromatic heterocycles. The molecule has 1 atom stereocenters. The van der Waals surface area contributed by atoms with Gasteiger partial charge in [-0.2, -0.15) is 5.10 Å². The molecule has 5 rings (SSSR count). The lowest BCUT2D eigenvalue weighted by molar-refractivity contribution is 0.0723. The van der Waals surface area contributed by atoms with Crippen LogP contribution < -0.4 is 4.74 Å². The summed E-state index contributed by atoms with van der Waals surface area (Å²) in [7, 11) is 1.67. The highest BCUT2D eigenvalue weighted by Crippen LogP contribution is 2.43. The van der Waals surface area contributed by atoms with Crippen LogP contribution in [-0.4, -0.2) is 41.3 Å². The maximum Gasteiger partial charge on any atom is 0.273 e. The van der Waals surface area contributed by atoms with E-state index in [9.17, 15) is 4.79 Å². The van der Waals surface area contributed by atoms with Gasteiger partial charge in [-0.25, -0.2) is 0 Å². The molecule has 1 amide bonds. The zero-order chi connectivity index (χ0) is 24.2. The fourth-order valence-electron chi connectivity index (χ4n) is 4.49. The third kappa shape index (κ3) is 4.67. The van der Waals surface area contributed by atoms with Crippen LogP contribution in [0.1, 0.15) is 39.6 Å². The van der Waals surface area contributed by atoms with Gasteiger partial charge in [0.2, 0.25) is 0 Å². The molecule has 1 unspecified atom stereocenters. The molecule has 0 bridgehead atoms. The molecular formula is C28H26ClN3O3. The summed E-state index contributed by atoms with van der Waals surface area (Å²) < 4.78 is 11.2. The molecule has 1 aliphatic rings. The number of carbonyl (C=O) groups is 1. The lowest BCUT2D eigenvalue weighted by Gasteiger charge is -2.26. The van der Waals surface area contributed by atoms with Crippen LogP contribution in [-0.2, 0) is 11.3 Å². The lowest BCUT2D eigenvalue weighted by atomic mass is 9.96. The highest BCUT2D eigenvalue weighted by Gasteiger charge is 2.41. The van der Waals surface area contributed by atoms with Gasteiger partial charge < -0.3 is 14.4 Å². The van der Waals surface area contributed by atoms with E-state index in [-0.39, 0.29) is 11.9 Å². The van der Waals surface area contributed by atoms with Crippen molar-refractivity contribution in [1.29, 1.82) is 0 Å². The molecule has 0 saturated carbocycles. The standard InChI is InChI=1S/C28H26ClN3O3/c1-34-17-7-16-32-27(24-25(19-8-3-2-4-9-19)30-31-26(24)28(32)33)20-12-14-22(15-13-20)35-18-21-10-5-6-11-23(21)29/h2-6,8-15,27H,7,16-18H2,1H3,(H,30,31). The number of aromatic amines is 1. The predicted molar refractivity (Wildman–Crippen MR) is 136 cm³/mol. The minimum atomic E-state index is -0.249. The Morgan fingerprint density at radius 2 is 1.74 bits per heavy atom. The van der Waals surface area contributed by atoms with Crippen LogP contribution in [0.2, 0.25) is 5.02 Å². The molecule has 0 radical (unpaired) electrons. The van der Waals surface area contributed by atoms with E-state index < -0.39 is 0 Å². The Labute approximate surface area is 209 Å². The van der Waals surface area contributed by atoms with Gasteiger partial charge in [0.05, 0.1) is 11.7 Å². The average Bonchev–Trinajstić information content (AvgIpc) is 3.44. The lowest BCUT2D eigenvalue weighted by Crippen LogP contribution is -2.31. The minimum Gasteiger partial charge on any atom is -0.489 e. The number of rotatable bonds is 9. The van der Waals surface area contributed by atoms with Crippen molar-refractivity contribution in [2.24, 2.45) is 0 Å². The van der Waals surface area contributed by atoms with E-state index in [1.165, 1.54) is 0 Å². The molecule has 35 heavy (non-hydrogen) atoms. The van der Waals surface area contributed by atoms with Gasteiger partial charge in [0.1, 0.15) is 18.1 Å². The number of ether oxygens (including phenoxy) is 2. The zero-order valence-electron chi connectivity index (χ0n) is 19.4. The number of nitrogens with zero attached hydrogens (tertiary/aromatic N) is 2. The molecule has 1 aliphatic heterocycles. The number of benzene rings is 3. The molecule has 6 nitrogen and oxygen atoms in total. The summed E-state index contributed by atoms with van der Waals surface area (Å²) in [6.45, 7) is 1.55. The molecule has 3 aromatic carbocycles. The van der Waals surface area contributed by atoms with Gasteiger partial charge in [-0.05, 0) is 30.2 Å². The van der Waals surface area contributed by atoms with Crippen molar-refractivity contribution in [3.63, 3.8) is 0 Å². The van der Waals surface area contributed by atoms with Gasteiger partial charge in [-0.3, -0.25) is 9.89 Å². The summed E-state index contributed by atoms with van der Waals surface area (Å²) in [5.74, 6) is 0.689. The second-order valence-electron chi connectivity index (χ2n) is 8.42. The summed E-state index contributed by atoms with van der Waals surface area (Å²) in [5.41, 5.74) is 5.15. The maximum absolute atomic E-state index is 13.4. The van der Waals surface area contributed by atoms with Crippen LogP contribution in [0.4, 0.5) is 0 Å². The van der Waals surface area contributed by atoms with Crippen LogP contribution in [0.25, 0.3) is 11.3 Å². The molecule has 0 fully saturated rings. The normalized spacial score (nSPS) is 14.9. The molecule has 7 heteroatoms. The van der Waals surface area contributed by atoms with Crippen LogP contribution in [0.15, 0.2) is 78.9 Å². The molecule has 4 aromatic rings. The third-order valence-electron chi connectivity index (χ3n) is 6.21. The molecule has 0 saturated heterocycles. The van der Waals surface area contributed by atoms with Crippen molar-refractivity contribution < 1.29 is 14.3 Å². The van der Waals surface area contributed by atoms with Crippen molar-refractivity contribution in [1.82, 2.24) is 15.1 Å². The first-order chi connectivity index (χ1) is 17.2. The third-order valence-corrected chi connectivity index (χ3v) is 6.58. The van der Waals surface area contributed by atoms with Gasteiger partial charge in [0.25, 0.3) is 5.91 Å². The van der Waals surface area contributed by atoms with E-state index in [0.29, 0.717) is 30.5 Å². The van der Waals surface area contributed by atoms with Gasteiger partial charge in [0.15, 0.2) is 0 Å². The largest absolute Gasteiger partial charge is 0.489 e. The first kappa shape index (κ1) is 23.1. The second kappa shape index (κ2) is 10.3. The van der Waals surface area contributed by atoms with Crippen molar-refractivity contribution in [3.05, 3.63) is 106 Å². The van der Waals surface area contributed by atoms with Gasteiger partial charge >= 0.3 is 0 Å². The van der Waals surface area contributed by atoms with Crippen molar-refractivity contribution >= 4 is 17.5 Å². The second-order valence-corrected chi connectivity index (χ2v) is 8.83. The van der Waals surface area contributed by atoms with Crippen molar-refractivity contribution in [3.8, 4) is 17.0 Å². The number of hydrogen-bond donors (Lipinski definition) is 1. The van der Waals surface area contributed by atoms with Crippen molar-refractivity contribution in [2.45, 2.75) is 19.1 Å². The Kier molecular flexibility index (Phi) is 6.84. The summed E-state index contributed by atoms with van der Waals surface area (Å²) in [4.78, 5) is 15.3. The smallest absolute Gasteiger partial charge is 0.273 e. The Morgan fingerprint density at radius 1 is 1.00 bits per heavy atom. The number of methoxy groups -OCH3 is 1. The van der Waals surface area contributed by atoms with Crippen LogP contribution in [0, 0.1) is 0 Å². The molecule has 0 spiro atoms. The molecule has 1 N–H and O–H groups in total. The number of nitrogens with one attached hydrogen (secondary N) is 1. The Morgan fingerprint density at radius 3 is 2.49 bits per heavy atom. The van der Waals surface area contributed by atoms with Gasteiger partial charge in [-0.1, -0.05) is 72.3 Å². The van der Waals surface area contributed by atoms with E-state index in [1.807, 2.05) is 83.8 Å². The van der Waals surface area contributed by atoms with E-state index in [2.05, 4.69) is 10.2 Å². The topological polar surface area (TPSA) is 67.5 Å². The van der Waals surface area contributed by atoms with E-state index in [0.717, 1.165) is 40.1 Å². The zero-order valence-corrected chi connectivity index (χ0v) is 20.2. The number of aromatic nitrogens is 2. The first-order valence-corrected chi connectivity index (χ1v) is 11.9. The first-order valence-electron chi connectivity index (χ1n) is 11.6. The highest BCUT2D eigenvalue weighted by atomic mass is 35.5. The molecule has 0 aliphatic carbocycles. The average molecular weight is 488 g/mol. The SMILES string of the molecule is COCCCN1C(=O)c2[nH]nc(-c3ccccc3)c2C1c1ccc(OCc2ccccc2Cl)cc1. The Balaban J connectivity index is 1.45. The van der Waals surface area contributed by atoms with Crippen LogP contribution in [0.3, 0.4) is 0 Å². The summed E-state index contributed by atoms with van der Waals surface area (Å²) in [5, 5.41) is 8.20. The predicted octanol–water partition coefficient (Wildman–Crippen LogP) is 5.89. The highest BCUT2D eigenvalue weighted by molar-refractivity contribution is 6.31. The number of halogens is 1. The summed E-state index contributed by atoms with van der Waals surface area (Å²) >= 11 is 6.25. The summed E-state index contributed by atoms with van der Waals surface area (Å²) in [6.07, 6.45) is 0.746. The number of H-pyrrole nitrogens is 1. The van der Waals surface area contributed by atoms with Crippen molar-refractivity contribution in [2.75, 3.05) is 20.3 Å². The molecule has 178 valence electrons.